The number of unbranched alkanes of at least 4 members (excludes halogenated alkanes) is 1. The average molecular weight is 226 g/mol. The van der Waals surface area contributed by atoms with Gasteiger partial charge in [-0.05, 0) is 19.3 Å². The van der Waals surface area contributed by atoms with Gasteiger partial charge in [0, 0.05) is 26.1 Å². The first-order valence-electron chi connectivity index (χ1n) is 5.59. The first-order valence-corrected chi connectivity index (χ1v) is 5.59. The van der Waals surface area contributed by atoms with Crippen molar-refractivity contribution in [2.75, 3.05) is 19.6 Å². The summed E-state index contributed by atoms with van der Waals surface area (Å²) in [5.74, 6) is -0.785. The van der Waals surface area contributed by atoms with Crippen LogP contribution in [0.1, 0.15) is 25.7 Å². The second kappa shape index (κ2) is 6.87. The van der Waals surface area contributed by atoms with Crippen LogP contribution in [0.5, 0.6) is 0 Å². The molecule has 1 aliphatic heterocycles. The molecule has 0 saturated heterocycles. The van der Waals surface area contributed by atoms with Crippen LogP contribution in [0, 0.1) is 0 Å². The quantitative estimate of drug-likeness (QED) is 0.547. The summed E-state index contributed by atoms with van der Waals surface area (Å²) in [7, 11) is 0. The molecule has 5 nitrogen and oxygen atoms in total. The van der Waals surface area contributed by atoms with Crippen molar-refractivity contribution in [1.29, 1.82) is 0 Å². The molecule has 0 spiro atoms. The molecule has 0 radical (unpaired) electrons. The Morgan fingerprint density at radius 3 is 2.75 bits per heavy atom. The number of aliphatic carboxylic acids is 1. The van der Waals surface area contributed by atoms with Gasteiger partial charge in [0.05, 0.1) is 0 Å². The fraction of sp³-hybridized carbons (Fsp3) is 0.636. The predicted octanol–water partition coefficient (Wildman–Crippen LogP) is 1.21. The number of carbonyl (C=O) groups is 2. The standard InChI is InChI=1S/C11H18N2O3/c14-10(15)6-2-3-7-12-11(16)13-8-4-1-5-9-13/h1,4H,2-3,5-9H2,(H,12,16)(H,14,15). The molecule has 90 valence electrons. The first kappa shape index (κ1) is 12.5. The van der Waals surface area contributed by atoms with E-state index in [9.17, 15) is 9.59 Å². The maximum atomic E-state index is 11.6. The largest absolute Gasteiger partial charge is 0.481 e. The second-order valence-corrected chi connectivity index (χ2v) is 3.79. The fourth-order valence-electron chi connectivity index (χ4n) is 1.53. The van der Waals surface area contributed by atoms with E-state index < -0.39 is 5.97 Å². The van der Waals surface area contributed by atoms with Crippen LogP contribution in [0.15, 0.2) is 12.2 Å². The third kappa shape index (κ3) is 4.82. The van der Waals surface area contributed by atoms with Crippen LogP contribution in [0.2, 0.25) is 0 Å². The van der Waals surface area contributed by atoms with E-state index in [1.807, 2.05) is 6.08 Å². The Kier molecular flexibility index (Phi) is 5.39. The zero-order valence-corrected chi connectivity index (χ0v) is 9.32. The summed E-state index contributed by atoms with van der Waals surface area (Å²) < 4.78 is 0. The molecule has 0 saturated carbocycles. The van der Waals surface area contributed by atoms with Gasteiger partial charge in [-0.15, -0.1) is 0 Å². The van der Waals surface area contributed by atoms with Crippen molar-refractivity contribution in [2.24, 2.45) is 0 Å². The van der Waals surface area contributed by atoms with Crippen molar-refractivity contribution in [1.82, 2.24) is 10.2 Å². The van der Waals surface area contributed by atoms with Crippen LogP contribution in [0.3, 0.4) is 0 Å². The summed E-state index contributed by atoms with van der Waals surface area (Å²) in [6.45, 7) is 1.98. The van der Waals surface area contributed by atoms with E-state index >= 15 is 0 Å². The average Bonchev–Trinajstić information content (AvgIpc) is 2.29. The Hall–Kier alpha value is -1.52. The molecule has 0 atom stereocenters. The van der Waals surface area contributed by atoms with Gasteiger partial charge < -0.3 is 15.3 Å². The minimum atomic E-state index is -0.785. The summed E-state index contributed by atoms with van der Waals surface area (Å²) in [6, 6.07) is -0.0559. The zero-order valence-electron chi connectivity index (χ0n) is 9.32. The van der Waals surface area contributed by atoms with E-state index in [2.05, 4.69) is 11.4 Å². The molecule has 0 fully saturated rings. The topological polar surface area (TPSA) is 69.6 Å². The van der Waals surface area contributed by atoms with E-state index in [4.69, 9.17) is 5.11 Å². The monoisotopic (exact) mass is 226 g/mol. The van der Waals surface area contributed by atoms with Crippen molar-refractivity contribution in [3.63, 3.8) is 0 Å². The van der Waals surface area contributed by atoms with Crippen LogP contribution in [-0.2, 0) is 4.79 Å². The van der Waals surface area contributed by atoms with Crippen molar-refractivity contribution >= 4 is 12.0 Å². The number of hydrogen-bond donors (Lipinski definition) is 2. The molecular weight excluding hydrogens is 208 g/mol. The van der Waals surface area contributed by atoms with Crippen LogP contribution >= 0.6 is 0 Å². The fourth-order valence-corrected chi connectivity index (χ4v) is 1.53. The lowest BCUT2D eigenvalue weighted by Gasteiger charge is -2.23. The van der Waals surface area contributed by atoms with Gasteiger partial charge >= 0.3 is 12.0 Å². The summed E-state index contributed by atoms with van der Waals surface area (Å²) in [5.41, 5.74) is 0. The van der Waals surface area contributed by atoms with Gasteiger partial charge in [-0.25, -0.2) is 4.79 Å². The van der Waals surface area contributed by atoms with Gasteiger partial charge in [0.1, 0.15) is 0 Å². The summed E-state index contributed by atoms with van der Waals surface area (Å²) >= 11 is 0. The molecule has 0 aromatic heterocycles. The maximum Gasteiger partial charge on any atom is 0.317 e. The van der Waals surface area contributed by atoms with E-state index in [1.54, 1.807) is 4.90 Å². The number of nitrogens with one attached hydrogen (secondary N) is 1. The Labute approximate surface area is 95.1 Å². The molecule has 1 rings (SSSR count). The highest BCUT2D eigenvalue weighted by molar-refractivity contribution is 5.74. The maximum absolute atomic E-state index is 11.6. The lowest BCUT2D eigenvalue weighted by atomic mass is 10.2. The number of urea groups is 1. The molecule has 0 bridgehead atoms. The molecule has 5 heteroatoms. The van der Waals surface area contributed by atoms with Crippen LogP contribution in [-0.4, -0.2) is 41.6 Å². The van der Waals surface area contributed by atoms with Crippen molar-refractivity contribution in [2.45, 2.75) is 25.7 Å². The van der Waals surface area contributed by atoms with Gasteiger partial charge in [0.2, 0.25) is 0 Å². The Balaban J connectivity index is 2.06. The lowest BCUT2D eigenvalue weighted by Crippen LogP contribution is -2.41. The molecule has 16 heavy (non-hydrogen) atoms. The van der Waals surface area contributed by atoms with Gasteiger partial charge in [-0.1, -0.05) is 12.2 Å². The highest BCUT2D eigenvalue weighted by Gasteiger charge is 2.12. The van der Waals surface area contributed by atoms with Gasteiger partial charge in [0.15, 0.2) is 0 Å². The molecule has 1 heterocycles. The van der Waals surface area contributed by atoms with Crippen molar-refractivity contribution in [3.8, 4) is 0 Å². The number of nitrogens with zero attached hydrogens (tertiary/aromatic N) is 1. The summed E-state index contributed by atoms with van der Waals surface area (Å²) in [5, 5.41) is 11.2. The molecular formula is C11H18N2O3. The predicted molar refractivity (Wildman–Crippen MR) is 60.2 cm³/mol. The molecule has 2 amide bonds. The Morgan fingerprint density at radius 2 is 2.12 bits per heavy atom. The minimum absolute atomic E-state index is 0.0559. The first-order chi connectivity index (χ1) is 7.70. The number of carboxylic acid groups (broad SMARTS) is 1. The number of amides is 2. The second-order valence-electron chi connectivity index (χ2n) is 3.79. The van der Waals surface area contributed by atoms with E-state index in [1.165, 1.54) is 0 Å². The molecule has 2 N–H and O–H groups in total. The lowest BCUT2D eigenvalue weighted by molar-refractivity contribution is -0.137. The van der Waals surface area contributed by atoms with E-state index in [0.717, 1.165) is 13.0 Å². The van der Waals surface area contributed by atoms with Crippen LogP contribution < -0.4 is 5.32 Å². The van der Waals surface area contributed by atoms with Crippen molar-refractivity contribution in [3.05, 3.63) is 12.2 Å². The number of hydrogen-bond acceptors (Lipinski definition) is 2. The molecule has 0 unspecified atom stereocenters. The normalized spacial score (nSPS) is 14.9. The molecule has 0 aromatic rings. The molecule has 0 aliphatic carbocycles. The minimum Gasteiger partial charge on any atom is -0.481 e. The van der Waals surface area contributed by atoms with E-state index in [-0.39, 0.29) is 12.5 Å². The molecule has 0 aromatic carbocycles. The molecule has 1 aliphatic rings. The smallest absolute Gasteiger partial charge is 0.317 e. The zero-order chi connectivity index (χ0) is 11.8. The number of carboxylic acids is 1. The van der Waals surface area contributed by atoms with Gasteiger partial charge in [-0.3, -0.25) is 4.79 Å². The summed E-state index contributed by atoms with van der Waals surface area (Å²) in [6.07, 6.45) is 6.44. The number of rotatable bonds is 5. The van der Waals surface area contributed by atoms with E-state index in [0.29, 0.717) is 25.9 Å². The third-order valence-electron chi connectivity index (χ3n) is 2.44. The van der Waals surface area contributed by atoms with Crippen LogP contribution in [0.25, 0.3) is 0 Å². The SMILES string of the molecule is O=C(O)CCCCNC(=O)N1CC=CCC1. The third-order valence-corrected chi connectivity index (χ3v) is 2.44. The Bertz CT molecular complexity index is 276. The highest BCUT2D eigenvalue weighted by atomic mass is 16.4. The summed E-state index contributed by atoms with van der Waals surface area (Å²) in [4.78, 5) is 23.5. The van der Waals surface area contributed by atoms with Gasteiger partial charge in [0.25, 0.3) is 0 Å². The highest BCUT2D eigenvalue weighted by Crippen LogP contribution is 2.01. The van der Waals surface area contributed by atoms with Crippen LogP contribution in [0.4, 0.5) is 4.79 Å². The Morgan fingerprint density at radius 1 is 1.31 bits per heavy atom. The van der Waals surface area contributed by atoms with Gasteiger partial charge in [-0.2, -0.15) is 0 Å². The van der Waals surface area contributed by atoms with Crippen molar-refractivity contribution < 1.29 is 14.7 Å². The number of carbonyl (C=O) groups excluding carboxylic acids is 1.